The van der Waals surface area contributed by atoms with Crippen LogP contribution in [0.1, 0.15) is 22.3 Å². The molecular weight excluding hydrogens is 410 g/mol. The SMILES string of the molecule is Cc1ccc(S(=O)(=O)N(CC(=O)Nc2cccc(C#N)c2)Cc2cccc(C)c2)cc1. The van der Waals surface area contributed by atoms with Gasteiger partial charge in [0, 0.05) is 12.2 Å². The first-order chi connectivity index (χ1) is 14.8. The number of hydrogen-bond donors (Lipinski definition) is 1. The standard InChI is InChI=1S/C24H23N3O3S/c1-18-9-11-23(12-10-18)31(29,30)27(16-21-7-3-5-19(2)13-21)17-24(28)26-22-8-4-6-20(14-22)15-25/h3-14H,16-17H2,1-2H3,(H,26,28). The van der Waals surface area contributed by atoms with Crippen molar-refractivity contribution in [3.05, 3.63) is 95.1 Å². The molecule has 0 saturated carbocycles. The van der Waals surface area contributed by atoms with Crippen molar-refractivity contribution in [1.29, 1.82) is 5.26 Å². The van der Waals surface area contributed by atoms with Crippen LogP contribution in [0.4, 0.5) is 5.69 Å². The van der Waals surface area contributed by atoms with E-state index in [0.29, 0.717) is 11.3 Å². The second-order valence-electron chi connectivity index (χ2n) is 7.32. The second-order valence-corrected chi connectivity index (χ2v) is 9.25. The summed E-state index contributed by atoms with van der Waals surface area (Å²) in [6, 6.07) is 22.5. The number of carbonyl (C=O) groups excluding carboxylic acids is 1. The zero-order chi connectivity index (χ0) is 22.4. The van der Waals surface area contributed by atoms with Gasteiger partial charge in [0.05, 0.1) is 23.1 Å². The van der Waals surface area contributed by atoms with E-state index in [0.717, 1.165) is 21.0 Å². The Bertz CT molecular complexity index is 1230. The number of aryl methyl sites for hydroxylation is 2. The number of sulfonamides is 1. The van der Waals surface area contributed by atoms with Gasteiger partial charge in [-0.2, -0.15) is 9.57 Å². The Balaban J connectivity index is 1.88. The summed E-state index contributed by atoms with van der Waals surface area (Å²) >= 11 is 0. The van der Waals surface area contributed by atoms with Gasteiger partial charge in [-0.15, -0.1) is 0 Å². The molecule has 158 valence electrons. The fourth-order valence-corrected chi connectivity index (χ4v) is 4.51. The summed E-state index contributed by atoms with van der Waals surface area (Å²) in [5.41, 5.74) is 3.58. The molecule has 3 aromatic rings. The molecule has 0 unspecified atom stereocenters. The average Bonchev–Trinajstić information content (AvgIpc) is 2.73. The number of hydrogen-bond acceptors (Lipinski definition) is 4. The molecular formula is C24H23N3O3S. The second kappa shape index (κ2) is 9.56. The Hall–Kier alpha value is -3.47. The summed E-state index contributed by atoms with van der Waals surface area (Å²) in [7, 11) is -3.91. The minimum absolute atomic E-state index is 0.0591. The normalized spacial score (nSPS) is 11.2. The zero-order valence-electron chi connectivity index (χ0n) is 17.4. The highest BCUT2D eigenvalue weighted by Gasteiger charge is 2.27. The lowest BCUT2D eigenvalue weighted by molar-refractivity contribution is -0.116. The van der Waals surface area contributed by atoms with Gasteiger partial charge in [-0.3, -0.25) is 4.79 Å². The van der Waals surface area contributed by atoms with Crippen LogP contribution in [-0.2, 0) is 21.4 Å². The molecule has 0 heterocycles. The molecule has 1 amide bonds. The Morgan fingerprint density at radius 1 is 0.968 bits per heavy atom. The highest BCUT2D eigenvalue weighted by atomic mass is 32.2. The number of nitriles is 1. The molecule has 0 aromatic heterocycles. The van der Waals surface area contributed by atoms with E-state index in [9.17, 15) is 13.2 Å². The zero-order valence-corrected chi connectivity index (χ0v) is 18.2. The molecule has 3 aromatic carbocycles. The Morgan fingerprint density at radius 3 is 2.35 bits per heavy atom. The molecule has 0 aliphatic rings. The topological polar surface area (TPSA) is 90.3 Å². The summed E-state index contributed by atoms with van der Waals surface area (Å²) in [5.74, 6) is -0.488. The predicted molar refractivity (Wildman–Crippen MR) is 120 cm³/mol. The van der Waals surface area contributed by atoms with Gasteiger partial charge in [0.1, 0.15) is 0 Å². The highest BCUT2D eigenvalue weighted by Crippen LogP contribution is 2.20. The maximum atomic E-state index is 13.3. The first kappa shape index (κ1) is 22.2. The minimum atomic E-state index is -3.91. The van der Waals surface area contributed by atoms with Crippen molar-refractivity contribution in [2.75, 3.05) is 11.9 Å². The van der Waals surface area contributed by atoms with E-state index < -0.39 is 15.9 Å². The van der Waals surface area contributed by atoms with Crippen LogP contribution in [0.25, 0.3) is 0 Å². The van der Waals surface area contributed by atoms with Gasteiger partial charge in [-0.25, -0.2) is 8.42 Å². The first-order valence-electron chi connectivity index (χ1n) is 9.70. The smallest absolute Gasteiger partial charge is 0.243 e. The molecule has 0 radical (unpaired) electrons. The van der Waals surface area contributed by atoms with Crippen molar-refractivity contribution in [1.82, 2.24) is 4.31 Å². The van der Waals surface area contributed by atoms with Crippen LogP contribution >= 0.6 is 0 Å². The van der Waals surface area contributed by atoms with E-state index in [4.69, 9.17) is 5.26 Å². The lowest BCUT2D eigenvalue weighted by atomic mass is 10.1. The van der Waals surface area contributed by atoms with Gasteiger partial charge in [-0.05, 0) is 49.7 Å². The minimum Gasteiger partial charge on any atom is -0.325 e. The largest absolute Gasteiger partial charge is 0.325 e. The molecule has 0 saturated heterocycles. The molecule has 31 heavy (non-hydrogen) atoms. The van der Waals surface area contributed by atoms with Crippen LogP contribution in [0.3, 0.4) is 0 Å². The van der Waals surface area contributed by atoms with Gasteiger partial charge in [-0.1, -0.05) is 53.6 Å². The molecule has 0 aliphatic carbocycles. The van der Waals surface area contributed by atoms with E-state index in [1.807, 2.05) is 44.2 Å². The summed E-state index contributed by atoms with van der Waals surface area (Å²) < 4.78 is 27.8. The molecule has 6 nitrogen and oxygen atoms in total. The number of nitrogens with one attached hydrogen (secondary N) is 1. The number of amides is 1. The third-order valence-electron chi connectivity index (χ3n) is 4.70. The van der Waals surface area contributed by atoms with Crippen LogP contribution in [0.15, 0.2) is 77.7 Å². The van der Waals surface area contributed by atoms with Gasteiger partial charge in [0.25, 0.3) is 0 Å². The van der Waals surface area contributed by atoms with Gasteiger partial charge in [0.2, 0.25) is 15.9 Å². The molecule has 3 rings (SSSR count). The van der Waals surface area contributed by atoms with Crippen molar-refractivity contribution in [3.8, 4) is 6.07 Å². The molecule has 0 spiro atoms. The van der Waals surface area contributed by atoms with E-state index in [2.05, 4.69) is 5.32 Å². The maximum Gasteiger partial charge on any atom is 0.243 e. The summed E-state index contributed by atoms with van der Waals surface area (Å²) in [6.07, 6.45) is 0. The highest BCUT2D eigenvalue weighted by molar-refractivity contribution is 7.89. The number of carbonyl (C=O) groups is 1. The van der Waals surface area contributed by atoms with Crippen LogP contribution in [0.5, 0.6) is 0 Å². The fourth-order valence-electron chi connectivity index (χ4n) is 3.13. The third-order valence-corrected chi connectivity index (χ3v) is 6.50. The number of benzene rings is 3. The van der Waals surface area contributed by atoms with E-state index in [1.54, 1.807) is 42.5 Å². The molecule has 0 atom stereocenters. The van der Waals surface area contributed by atoms with Crippen LogP contribution < -0.4 is 5.32 Å². The first-order valence-corrected chi connectivity index (χ1v) is 11.1. The van der Waals surface area contributed by atoms with E-state index in [1.165, 1.54) is 6.07 Å². The lowest BCUT2D eigenvalue weighted by Crippen LogP contribution is -2.37. The van der Waals surface area contributed by atoms with Gasteiger partial charge < -0.3 is 5.32 Å². The molecule has 0 fully saturated rings. The van der Waals surface area contributed by atoms with Gasteiger partial charge in [0.15, 0.2) is 0 Å². The third kappa shape index (κ3) is 5.79. The maximum absolute atomic E-state index is 13.3. The van der Waals surface area contributed by atoms with E-state index in [-0.39, 0.29) is 18.0 Å². The fraction of sp³-hybridized carbons (Fsp3) is 0.167. The Kier molecular flexibility index (Phi) is 6.85. The number of rotatable bonds is 7. The molecule has 7 heteroatoms. The average molecular weight is 434 g/mol. The Labute approximate surface area is 182 Å². The van der Waals surface area contributed by atoms with Crippen molar-refractivity contribution < 1.29 is 13.2 Å². The summed E-state index contributed by atoms with van der Waals surface area (Å²) in [5, 5.41) is 11.7. The van der Waals surface area contributed by atoms with Crippen LogP contribution in [0.2, 0.25) is 0 Å². The molecule has 1 N–H and O–H groups in total. The van der Waals surface area contributed by atoms with Gasteiger partial charge >= 0.3 is 0 Å². The van der Waals surface area contributed by atoms with Crippen molar-refractivity contribution in [2.45, 2.75) is 25.3 Å². The molecule has 0 bridgehead atoms. The van der Waals surface area contributed by atoms with Crippen molar-refractivity contribution in [2.24, 2.45) is 0 Å². The number of anilines is 1. The summed E-state index contributed by atoms with van der Waals surface area (Å²) in [4.78, 5) is 12.8. The number of nitrogens with zero attached hydrogens (tertiary/aromatic N) is 2. The van der Waals surface area contributed by atoms with Crippen molar-refractivity contribution >= 4 is 21.6 Å². The molecule has 0 aliphatic heterocycles. The summed E-state index contributed by atoms with van der Waals surface area (Å²) in [6.45, 7) is 3.51. The Morgan fingerprint density at radius 2 is 1.68 bits per heavy atom. The quantitative estimate of drug-likeness (QED) is 0.610. The van der Waals surface area contributed by atoms with Crippen LogP contribution in [-0.4, -0.2) is 25.2 Å². The lowest BCUT2D eigenvalue weighted by Gasteiger charge is -2.22. The van der Waals surface area contributed by atoms with E-state index >= 15 is 0 Å². The monoisotopic (exact) mass is 433 g/mol. The van der Waals surface area contributed by atoms with Crippen molar-refractivity contribution in [3.63, 3.8) is 0 Å². The van der Waals surface area contributed by atoms with Crippen LogP contribution in [0, 0.1) is 25.2 Å². The predicted octanol–water partition coefficient (Wildman–Crippen LogP) is 4.00.